The van der Waals surface area contributed by atoms with Crippen molar-refractivity contribution in [1.29, 1.82) is 0 Å². The molecule has 1 fully saturated rings. The average Bonchev–Trinajstić information content (AvgIpc) is 2.71. The molecule has 0 aliphatic heterocycles. The van der Waals surface area contributed by atoms with Crippen LogP contribution in [0.25, 0.3) is 0 Å². The topological polar surface area (TPSA) is 20.2 Å². The second-order valence-electron chi connectivity index (χ2n) is 3.46. The summed E-state index contributed by atoms with van der Waals surface area (Å²) in [5.41, 5.74) is 0.108. The van der Waals surface area contributed by atoms with Gasteiger partial charge in [-0.15, -0.1) is 11.3 Å². The first-order valence-electron chi connectivity index (χ1n) is 4.08. The summed E-state index contributed by atoms with van der Waals surface area (Å²) in [7, 11) is 0. The third-order valence-electron chi connectivity index (χ3n) is 2.65. The molecule has 1 unspecified atom stereocenters. The molecule has 0 amide bonds. The number of aliphatic hydroxyl groups is 1. The Morgan fingerprint density at radius 1 is 1.67 bits per heavy atom. The molecule has 3 heteroatoms. The fourth-order valence-electron chi connectivity index (χ4n) is 1.58. The highest BCUT2D eigenvalue weighted by Crippen LogP contribution is 2.53. The normalized spacial score (nSPS) is 22.2. The second-order valence-corrected chi connectivity index (χ2v) is 5.29. The van der Waals surface area contributed by atoms with Crippen LogP contribution in [0.15, 0.2) is 15.9 Å². The maximum absolute atomic E-state index is 9.60. The zero-order chi connectivity index (χ0) is 8.77. The average molecular weight is 247 g/mol. The van der Waals surface area contributed by atoms with Crippen molar-refractivity contribution in [2.75, 3.05) is 0 Å². The standard InChI is InChI=1S/C9H11BrOS/c1-6(11)9(2-3-9)8-4-7(10)5-12-8/h4-6,11H,2-3H2,1H3. The lowest BCUT2D eigenvalue weighted by Gasteiger charge is -2.15. The van der Waals surface area contributed by atoms with E-state index in [1.165, 1.54) is 4.88 Å². The smallest absolute Gasteiger partial charge is 0.0616 e. The molecule has 1 aliphatic carbocycles. The molecule has 0 radical (unpaired) electrons. The molecule has 0 aromatic carbocycles. The Morgan fingerprint density at radius 2 is 2.33 bits per heavy atom. The summed E-state index contributed by atoms with van der Waals surface area (Å²) in [4.78, 5) is 1.32. The van der Waals surface area contributed by atoms with Gasteiger partial charge in [0, 0.05) is 20.1 Å². The predicted octanol–water partition coefficient (Wildman–Crippen LogP) is 2.92. The SMILES string of the molecule is CC(O)C1(c2cc(Br)cs2)CC1. The number of aliphatic hydroxyl groups excluding tert-OH is 1. The van der Waals surface area contributed by atoms with E-state index in [1.807, 2.05) is 6.92 Å². The van der Waals surface area contributed by atoms with Crippen LogP contribution in [0.2, 0.25) is 0 Å². The van der Waals surface area contributed by atoms with Gasteiger partial charge in [-0.1, -0.05) is 0 Å². The molecule has 1 aromatic heterocycles. The van der Waals surface area contributed by atoms with Crippen molar-refractivity contribution < 1.29 is 5.11 Å². The molecule has 1 N–H and O–H groups in total. The first kappa shape index (κ1) is 8.73. The van der Waals surface area contributed by atoms with E-state index in [2.05, 4.69) is 27.4 Å². The minimum absolute atomic E-state index is 0.108. The van der Waals surface area contributed by atoms with Crippen LogP contribution in [0.1, 0.15) is 24.6 Å². The van der Waals surface area contributed by atoms with Crippen LogP contribution >= 0.6 is 27.3 Å². The molecule has 1 heterocycles. The molecular formula is C9H11BrOS. The van der Waals surface area contributed by atoms with Gasteiger partial charge in [0.05, 0.1) is 6.10 Å². The monoisotopic (exact) mass is 246 g/mol. The summed E-state index contributed by atoms with van der Waals surface area (Å²) in [5.74, 6) is 0. The minimum atomic E-state index is -0.206. The lowest BCUT2D eigenvalue weighted by molar-refractivity contribution is 0.152. The predicted molar refractivity (Wildman–Crippen MR) is 54.6 cm³/mol. The summed E-state index contributed by atoms with van der Waals surface area (Å²) < 4.78 is 1.13. The van der Waals surface area contributed by atoms with Gasteiger partial charge in [-0.2, -0.15) is 0 Å². The Balaban J connectivity index is 2.30. The largest absolute Gasteiger partial charge is 0.392 e. The summed E-state index contributed by atoms with van der Waals surface area (Å²) in [6.45, 7) is 1.89. The van der Waals surface area contributed by atoms with Gasteiger partial charge in [0.25, 0.3) is 0 Å². The molecule has 66 valence electrons. The van der Waals surface area contributed by atoms with Crippen LogP contribution in [0.4, 0.5) is 0 Å². The Kier molecular flexibility index (Phi) is 2.05. The number of hydrogen-bond donors (Lipinski definition) is 1. The molecule has 1 saturated carbocycles. The highest BCUT2D eigenvalue weighted by Gasteiger charge is 2.49. The molecule has 1 aromatic rings. The van der Waals surface area contributed by atoms with Crippen molar-refractivity contribution in [3.05, 3.63) is 20.8 Å². The highest BCUT2D eigenvalue weighted by molar-refractivity contribution is 9.10. The lowest BCUT2D eigenvalue weighted by atomic mass is 9.99. The zero-order valence-corrected chi connectivity index (χ0v) is 9.28. The number of rotatable bonds is 2. The van der Waals surface area contributed by atoms with E-state index in [-0.39, 0.29) is 11.5 Å². The maximum Gasteiger partial charge on any atom is 0.0616 e. The Labute approximate surface area is 84.6 Å². The summed E-state index contributed by atoms with van der Waals surface area (Å²) in [5, 5.41) is 11.7. The van der Waals surface area contributed by atoms with Crippen molar-refractivity contribution in [2.45, 2.75) is 31.3 Å². The van der Waals surface area contributed by atoms with Crippen molar-refractivity contribution in [3.8, 4) is 0 Å². The van der Waals surface area contributed by atoms with Gasteiger partial charge in [0.1, 0.15) is 0 Å². The lowest BCUT2D eigenvalue weighted by Crippen LogP contribution is -2.21. The quantitative estimate of drug-likeness (QED) is 0.851. The van der Waals surface area contributed by atoms with Gasteiger partial charge in [0.15, 0.2) is 0 Å². The van der Waals surface area contributed by atoms with Gasteiger partial charge in [-0.25, -0.2) is 0 Å². The molecule has 2 rings (SSSR count). The van der Waals surface area contributed by atoms with Gasteiger partial charge in [-0.05, 0) is 41.8 Å². The Hall–Kier alpha value is 0.140. The second kappa shape index (κ2) is 2.82. The van der Waals surface area contributed by atoms with Gasteiger partial charge in [0.2, 0.25) is 0 Å². The highest BCUT2D eigenvalue weighted by atomic mass is 79.9. The van der Waals surface area contributed by atoms with Crippen molar-refractivity contribution in [3.63, 3.8) is 0 Å². The summed E-state index contributed by atoms with van der Waals surface area (Å²) in [6, 6.07) is 2.13. The zero-order valence-electron chi connectivity index (χ0n) is 6.88. The first-order valence-corrected chi connectivity index (χ1v) is 5.75. The van der Waals surface area contributed by atoms with Gasteiger partial charge < -0.3 is 5.11 Å². The fraction of sp³-hybridized carbons (Fsp3) is 0.556. The van der Waals surface area contributed by atoms with E-state index in [4.69, 9.17) is 0 Å². The van der Waals surface area contributed by atoms with E-state index in [9.17, 15) is 5.11 Å². The first-order chi connectivity index (χ1) is 5.65. The van der Waals surface area contributed by atoms with Crippen LogP contribution in [0.5, 0.6) is 0 Å². The molecular weight excluding hydrogens is 236 g/mol. The molecule has 0 bridgehead atoms. The van der Waals surface area contributed by atoms with E-state index in [0.29, 0.717) is 0 Å². The van der Waals surface area contributed by atoms with E-state index < -0.39 is 0 Å². The summed E-state index contributed by atoms with van der Waals surface area (Å²) >= 11 is 5.17. The van der Waals surface area contributed by atoms with Gasteiger partial charge in [-0.3, -0.25) is 0 Å². The van der Waals surface area contributed by atoms with Crippen LogP contribution in [-0.4, -0.2) is 11.2 Å². The maximum atomic E-state index is 9.60. The summed E-state index contributed by atoms with van der Waals surface area (Å²) in [6.07, 6.45) is 2.07. The molecule has 1 aliphatic rings. The van der Waals surface area contributed by atoms with E-state index >= 15 is 0 Å². The van der Waals surface area contributed by atoms with Gasteiger partial charge >= 0.3 is 0 Å². The minimum Gasteiger partial charge on any atom is -0.392 e. The number of halogens is 1. The molecule has 0 saturated heterocycles. The van der Waals surface area contributed by atoms with Crippen molar-refractivity contribution in [1.82, 2.24) is 0 Å². The third kappa shape index (κ3) is 1.24. The number of thiophene rings is 1. The fourth-order valence-corrected chi connectivity index (χ4v) is 3.35. The van der Waals surface area contributed by atoms with Crippen LogP contribution in [-0.2, 0) is 5.41 Å². The Morgan fingerprint density at radius 3 is 2.67 bits per heavy atom. The van der Waals surface area contributed by atoms with Crippen LogP contribution < -0.4 is 0 Å². The van der Waals surface area contributed by atoms with Crippen LogP contribution in [0, 0.1) is 0 Å². The van der Waals surface area contributed by atoms with Crippen molar-refractivity contribution >= 4 is 27.3 Å². The molecule has 1 nitrogen and oxygen atoms in total. The van der Waals surface area contributed by atoms with Crippen LogP contribution in [0.3, 0.4) is 0 Å². The number of hydrogen-bond acceptors (Lipinski definition) is 2. The third-order valence-corrected chi connectivity index (χ3v) is 4.56. The Bertz CT molecular complexity index is 288. The molecule has 1 atom stereocenters. The van der Waals surface area contributed by atoms with Crippen molar-refractivity contribution in [2.24, 2.45) is 0 Å². The molecule has 12 heavy (non-hydrogen) atoms. The molecule has 0 spiro atoms. The van der Waals surface area contributed by atoms with E-state index in [1.54, 1.807) is 11.3 Å². The van der Waals surface area contributed by atoms with E-state index in [0.717, 1.165) is 17.3 Å².